The molecule has 0 radical (unpaired) electrons. The van der Waals surface area contributed by atoms with Gasteiger partial charge in [0.25, 0.3) is 0 Å². The van der Waals surface area contributed by atoms with Crippen LogP contribution in [0.4, 0.5) is 34.1 Å². The molecule has 0 heterocycles. The molecule has 2 nitrogen and oxygen atoms in total. The van der Waals surface area contributed by atoms with Gasteiger partial charge in [-0.05, 0) is 144 Å². The van der Waals surface area contributed by atoms with E-state index in [-0.39, 0.29) is 4.66 Å². The van der Waals surface area contributed by atoms with Crippen molar-refractivity contribution in [3.63, 3.8) is 0 Å². The van der Waals surface area contributed by atoms with Crippen LogP contribution in [0.5, 0.6) is 0 Å². The molecule has 7 aromatic carbocycles. The van der Waals surface area contributed by atoms with Crippen LogP contribution in [0.1, 0.15) is 33.4 Å². The molecule has 0 N–H and O–H groups in total. The molecule has 1 aliphatic carbocycles. The Labute approximate surface area is 331 Å². The van der Waals surface area contributed by atoms with Gasteiger partial charge in [0.2, 0.25) is 0 Å². The van der Waals surface area contributed by atoms with E-state index in [2.05, 4.69) is 222 Å². The number of fused-ring (bicyclic) bond motifs is 5. The largest absolute Gasteiger partial charge is 0.310 e. The SMILES string of the molecule is Cc1cc(C)cc(N(c2ccccc2)c2ccc3c(c2)C([Si](C)(C)C)([Si](C)(C)C)c2cc(N(c4ccccc4)c4cc(C)cc(C)c4)c4ccccc4c2-3)c1. The first-order valence-corrected chi connectivity index (χ1v) is 26.8. The van der Waals surface area contributed by atoms with Crippen LogP contribution in [0, 0.1) is 27.7 Å². The number of hydrogen-bond donors (Lipinski definition) is 0. The highest BCUT2D eigenvalue weighted by Crippen LogP contribution is 2.62. The summed E-state index contributed by atoms with van der Waals surface area (Å²) >= 11 is 0. The Morgan fingerprint density at radius 1 is 0.382 bits per heavy atom. The van der Waals surface area contributed by atoms with Crippen LogP contribution < -0.4 is 9.80 Å². The monoisotopic (exact) mass is 750 g/mol. The first-order chi connectivity index (χ1) is 26.2. The molecule has 0 saturated carbocycles. The van der Waals surface area contributed by atoms with Crippen molar-refractivity contribution in [1.82, 2.24) is 0 Å². The topological polar surface area (TPSA) is 6.48 Å². The van der Waals surface area contributed by atoms with Crippen molar-refractivity contribution in [2.24, 2.45) is 0 Å². The average molecular weight is 751 g/mol. The van der Waals surface area contributed by atoms with Crippen LogP contribution in [0.25, 0.3) is 21.9 Å². The summed E-state index contributed by atoms with van der Waals surface area (Å²) < 4.78 is -0.0742. The number of para-hydroxylation sites is 2. The summed E-state index contributed by atoms with van der Waals surface area (Å²) in [6, 6.07) is 55.1. The van der Waals surface area contributed by atoms with E-state index in [4.69, 9.17) is 0 Å². The van der Waals surface area contributed by atoms with E-state index >= 15 is 0 Å². The summed E-state index contributed by atoms with van der Waals surface area (Å²) in [6.45, 7) is 24.6. The molecule has 0 amide bonds. The van der Waals surface area contributed by atoms with Gasteiger partial charge in [0.1, 0.15) is 0 Å². The van der Waals surface area contributed by atoms with Crippen LogP contribution in [-0.4, -0.2) is 16.1 Å². The average Bonchev–Trinajstić information content (AvgIpc) is 3.43. The van der Waals surface area contributed by atoms with Crippen molar-refractivity contribution in [3.8, 4) is 11.1 Å². The van der Waals surface area contributed by atoms with E-state index in [1.807, 2.05) is 0 Å². The van der Waals surface area contributed by atoms with E-state index in [0.717, 1.165) is 0 Å². The molecule has 0 atom stereocenters. The smallest absolute Gasteiger partial charge is 0.0579 e. The molecule has 8 rings (SSSR count). The Morgan fingerprint density at radius 3 is 1.35 bits per heavy atom. The Morgan fingerprint density at radius 2 is 0.836 bits per heavy atom. The fourth-order valence-electron chi connectivity index (χ4n) is 10.4. The van der Waals surface area contributed by atoms with E-state index in [1.165, 1.54) is 89.4 Å². The second-order valence-electron chi connectivity index (χ2n) is 17.9. The molecule has 276 valence electrons. The number of aryl methyl sites for hydroxylation is 4. The number of hydrogen-bond acceptors (Lipinski definition) is 2. The maximum atomic E-state index is 2.64. The van der Waals surface area contributed by atoms with Gasteiger partial charge in [0, 0.05) is 38.5 Å². The van der Waals surface area contributed by atoms with Crippen LogP contribution >= 0.6 is 0 Å². The zero-order valence-electron chi connectivity index (χ0n) is 34.3. The van der Waals surface area contributed by atoms with Crippen molar-refractivity contribution < 1.29 is 0 Å². The highest BCUT2D eigenvalue weighted by molar-refractivity contribution is 6.99. The molecule has 7 aromatic rings. The van der Waals surface area contributed by atoms with Gasteiger partial charge in [0.15, 0.2) is 0 Å². The van der Waals surface area contributed by atoms with Crippen LogP contribution in [-0.2, 0) is 4.66 Å². The van der Waals surface area contributed by atoms with Crippen LogP contribution in [0.15, 0.2) is 146 Å². The Balaban J connectivity index is 1.48. The fraction of sp³-hybridized carbons (Fsp3) is 0.216. The maximum Gasteiger partial charge on any atom is 0.0579 e. The van der Waals surface area contributed by atoms with Crippen LogP contribution in [0.2, 0.25) is 39.3 Å². The van der Waals surface area contributed by atoms with Gasteiger partial charge < -0.3 is 9.80 Å². The Hall–Kier alpha value is -5.17. The van der Waals surface area contributed by atoms with Gasteiger partial charge in [-0.15, -0.1) is 0 Å². The third-order valence-corrected chi connectivity index (χ3v) is 21.9. The maximum absolute atomic E-state index is 2.64. The molecule has 0 aromatic heterocycles. The predicted octanol–water partition coefficient (Wildman–Crippen LogP) is 15.0. The molecular weight excluding hydrogens is 697 g/mol. The minimum atomic E-state index is -2.04. The molecule has 0 fully saturated rings. The van der Waals surface area contributed by atoms with Gasteiger partial charge in [-0.25, -0.2) is 0 Å². The molecule has 0 unspecified atom stereocenters. The third-order valence-electron chi connectivity index (χ3n) is 11.8. The van der Waals surface area contributed by atoms with E-state index in [0.29, 0.717) is 0 Å². The molecule has 0 aliphatic heterocycles. The number of nitrogens with zero attached hydrogens (tertiary/aromatic N) is 2. The van der Waals surface area contributed by atoms with Gasteiger partial charge in [0.05, 0.1) is 21.8 Å². The van der Waals surface area contributed by atoms with Crippen molar-refractivity contribution in [2.45, 2.75) is 71.6 Å². The lowest BCUT2D eigenvalue weighted by molar-refractivity contribution is 0.952. The second-order valence-corrected chi connectivity index (χ2v) is 28.9. The standard InChI is InChI=1S/C51H54N2Si2/c1-35-27-36(2)30-42(29-35)52(39-19-13-11-14-20-39)41-25-26-46-47(33-41)51(54(5,6)7,55(8,9)10)48-34-49(44-23-17-18-24-45(44)50(46)48)53(40-21-15-12-16-22-40)43-31-37(3)28-38(4)32-43/h11-34H,1-10H3. The van der Waals surface area contributed by atoms with Crippen LogP contribution in [0.3, 0.4) is 0 Å². The summed E-state index contributed by atoms with van der Waals surface area (Å²) in [5, 5.41) is 2.62. The molecule has 0 saturated heterocycles. The molecule has 1 aliphatic rings. The van der Waals surface area contributed by atoms with Gasteiger partial charge >= 0.3 is 0 Å². The zero-order chi connectivity index (χ0) is 38.9. The molecule has 4 heteroatoms. The summed E-state index contributed by atoms with van der Waals surface area (Å²) in [5.41, 5.74) is 18.2. The first kappa shape index (κ1) is 36.8. The van der Waals surface area contributed by atoms with Crippen molar-refractivity contribution in [2.75, 3.05) is 9.80 Å². The normalized spacial score (nSPS) is 13.4. The molecule has 0 bridgehead atoms. The first-order valence-electron chi connectivity index (χ1n) is 19.8. The lowest BCUT2D eigenvalue weighted by Crippen LogP contribution is -2.63. The van der Waals surface area contributed by atoms with E-state index in [1.54, 1.807) is 0 Å². The molecule has 55 heavy (non-hydrogen) atoms. The number of benzene rings is 7. The van der Waals surface area contributed by atoms with Crippen molar-refractivity contribution >= 4 is 61.0 Å². The van der Waals surface area contributed by atoms with Crippen molar-refractivity contribution in [3.05, 3.63) is 179 Å². The second kappa shape index (κ2) is 13.5. The quantitative estimate of drug-likeness (QED) is 0.143. The number of anilines is 6. The summed E-state index contributed by atoms with van der Waals surface area (Å²) in [4.78, 5) is 5.00. The lowest BCUT2D eigenvalue weighted by Gasteiger charge is -2.51. The summed E-state index contributed by atoms with van der Waals surface area (Å²) in [7, 11) is -4.09. The number of rotatable bonds is 8. The highest BCUT2D eigenvalue weighted by Gasteiger charge is 2.59. The molecule has 0 spiro atoms. The van der Waals surface area contributed by atoms with Gasteiger partial charge in [-0.3, -0.25) is 0 Å². The summed E-state index contributed by atoms with van der Waals surface area (Å²) in [6.07, 6.45) is 0. The summed E-state index contributed by atoms with van der Waals surface area (Å²) in [5.74, 6) is 0. The Kier molecular flexibility index (Phi) is 9.06. The van der Waals surface area contributed by atoms with Gasteiger partial charge in [-0.2, -0.15) is 0 Å². The van der Waals surface area contributed by atoms with Gasteiger partial charge in [-0.1, -0.05) is 118 Å². The lowest BCUT2D eigenvalue weighted by atomic mass is 9.95. The predicted molar refractivity (Wildman–Crippen MR) is 245 cm³/mol. The molecular formula is C51H54N2Si2. The third kappa shape index (κ3) is 6.07. The minimum Gasteiger partial charge on any atom is -0.310 e. The fourth-order valence-corrected chi connectivity index (χ4v) is 23.4. The minimum absolute atomic E-state index is 0.0742. The Bertz CT molecular complexity index is 2510. The van der Waals surface area contributed by atoms with E-state index in [9.17, 15) is 0 Å². The van der Waals surface area contributed by atoms with Crippen molar-refractivity contribution in [1.29, 1.82) is 0 Å². The highest BCUT2D eigenvalue weighted by atomic mass is 28.4. The van der Waals surface area contributed by atoms with E-state index < -0.39 is 16.1 Å². The zero-order valence-corrected chi connectivity index (χ0v) is 36.3.